The minimum absolute atomic E-state index is 0.00756. The van der Waals surface area contributed by atoms with Gasteiger partial charge in [0.25, 0.3) is 0 Å². The van der Waals surface area contributed by atoms with Gasteiger partial charge in [-0.3, -0.25) is 9.59 Å². The molecule has 0 bridgehead atoms. The maximum atomic E-state index is 13.3. The van der Waals surface area contributed by atoms with E-state index in [0.717, 1.165) is 5.56 Å². The summed E-state index contributed by atoms with van der Waals surface area (Å²) in [6.45, 7) is 8.01. The van der Waals surface area contributed by atoms with E-state index in [1.807, 2.05) is 52.0 Å². The normalized spacial score (nSPS) is 32.9. The van der Waals surface area contributed by atoms with Crippen LogP contribution in [0.4, 0.5) is 0 Å². The van der Waals surface area contributed by atoms with E-state index in [1.165, 1.54) is 0 Å². The summed E-state index contributed by atoms with van der Waals surface area (Å²) in [7, 11) is 1.58. The van der Waals surface area contributed by atoms with Crippen molar-refractivity contribution >= 4 is 11.6 Å². The molecule has 1 aliphatic heterocycles. The summed E-state index contributed by atoms with van der Waals surface area (Å²) in [4.78, 5) is 26.6. The van der Waals surface area contributed by atoms with Gasteiger partial charge in [-0.2, -0.15) is 0 Å². The molecule has 5 nitrogen and oxygen atoms in total. The molecule has 1 heterocycles. The molecule has 29 heavy (non-hydrogen) atoms. The van der Waals surface area contributed by atoms with Gasteiger partial charge in [0.15, 0.2) is 5.78 Å². The minimum atomic E-state index is -1.63. The third-order valence-electron chi connectivity index (χ3n) is 6.51. The number of methoxy groups -OCH3 is 1. The highest BCUT2D eigenvalue weighted by Gasteiger charge is 2.61. The van der Waals surface area contributed by atoms with Gasteiger partial charge in [-0.1, -0.05) is 45.9 Å². The van der Waals surface area contributed by atoms with Crippen LogP contribution in [0.1, 0.15) is 64.9 Å². The van der Waals surface area contributed by atoms with Crippen molar-refractivity contribution in [3.63, 3.8) is 0 Å². The van der Waals surface area contributed by atoms with Crippen molar-refractivity contribution in [3.05, 3.63) is 41.2 Å². The van der Waals surface area contributed by atoms with E-state index in [1.54, 1.807) is 7.11 Å². The lowest BCUT2D eigenvalue weighted by Gasteiger charge is -2.53. The average molecular weight is 398 g/mol. The molecule has 1 N–H and O–H groups in total. The predicted octanol–water partition coefficient (Wildman–Crippen LogP) is 4.15. The minimum Gasteiger partial charge on any atom is -0.496 e. The van der Waals surface area contributed by atoms with Crippen molar-refractivity contribution in [2.75, 3.05) is 7.11 Å². The molecule has 1 aromatic rings. The van der Waals surface area contributed by atoms with E-state index in [0.29, 0.717) is 42.8 Å². The fourth-order valence-corrected chi connectivity index (χ4v) is 5.59. The first-order valence-electron chi connectivity index (χ1n) is 10.3. The number of benzene rings is 1. The maximum absolute atomic E-state index is 13.3. The maximum Gasteiger partial charge on any atom is 0.218 e. The van der Waals surface area contributed by atoms with Gasteiger partial charge in [0, 0.05) is 42.7 Å². The Hall–Kier alpha value is -2.14. The van der Waals surface area contributed by atoms with Gasteiger partial charge in [-0.25, -0.2) is 0 Å². The number of fused-ring (bicyclic) bond motifs is 1. The molecule has 0 saturated heterocycles. The van der Waals surface area contributed by atoms with Crippen molar-refractivity contribution in [1.29, 1.82) is 0 Å². The zero-order chi connectivity index (χ0) is 21.2. The first-order chi connectivity index (χ1) is 13.5. The number of allylic oxidation sites excluding steroid dienone is 2. The molecule has 4 rings (SSSR count). The number of rotatable bonds is 2. The second-order valence-electron chi connectivity index (χ2n) is 10.4. The summed E-state index contributed by atoms with van der Waals surface area (Å²) in [5, 5.41) is 11.7. The van der Waals surface area contributed by atoms with Crippen LogP contribution in [-0.4, -0.2) is 29.6 Å². The van der Waals surface area contributed by atoms with Crippen molar-refractivity contribution in [2.24, 2.45) is 16.7 Å². The molecule has 1 fully saturated rings. The smallest absolute Gasteiger partial charge is 0.218 e. The Morgan fingerprint density at radius 2 is 1.72 bits per heavy atom. The Morgan fingerprint density at radius 3 is 2.41 bits per heavy atom. The Labute approximate surface area is 172 Å². The fourth-order valence-electron chi connectivity index (χ4n) is 5.59. The van der Waals surface area contributed by atoms with E-state index in [-0.39, 0.29) is 22.4 Å². The Kier molecular flexibility index (Phi) is 4.47. The predicted molar refractivity (Wildman–Crippen MR) is 108 cm³/mol. The molecule has 3 atom stereocenters. The Bertz CT molecular complexity index is 910. The lowest BCUT2D eigenvalue weighted by atomic mass is 9.59. The second kappa shape index (κ2) is 6.43. The highest BCUT2D eigenvalue weighted by atomic mass is 16.6. The molecular formula is C24H30O5. The van der Waals surface area contributed by atoms with E-state index in [2.05, 4.69) is 0 Å². The topological polar surface area (TPSA) is 72.8 Å². The van der Waals surface area contributed by atoms with Gasteiger partial charge in [0.2, 0.25) is 5.79 Å². The summed E-state index contributed by atoms with van der Waals surface area (Å²) in [6, 6.07) is 7.46. The molecule has 0 spiro atoms. The molecule has 2 aliphatic carbocycles. The summed E-state index contributed by atoms with van der Waals surface area (Å²) < 4.78 is 11.7. The lowest BCUT2D eigenvalue weighted by Crippen LogP contribution is -2.58. The largest absolute Gasteiger partial charge is 0.496 e. The molecule has 0 amide bonds. The van der Waals surface area contributed by atoms with Crippen molar-refractivity contribution < 1.29 is 24.2 Å². The highest BCUT2D eigenvalue weighted by molar-refractivity contribution is 6.01. The van der Waals surface area contributed by atoms with Crippen LogP contribution < -0.4 is 4.74 Å². The van der Waals surface area contributed by atoms with Gasteiger partial charge in [0.1, 0.15) is 17.3 Å². The van der Waals surface area contributed by atoms with Gasteiger partial charge in [0.05, 0.1) is 13.0 Å². The van der Waals surface area contributed by atoms with E-state index < -0.39 is 17.6 Å². The molecule has 5 heteroatoms. The molecule has 0 aromatic heterocycles. The molecular weight excluding hydrogens is 368 g/mol. The highest BCUT2D eigenvalue weighted by Crippen LogP contribution is 2.58. The number of hydrogen-bond acceptors (Lipinski definition) is 5. The molecule has 1 aromatic carbocycles. The van der Waals surface area contributed by atoms with E-state index >= 15 is 0 Å². The monoisotopic (exact) mass is 398 g/mol. The SMILES string of the molecule is COc1ccccc1C1C2=C(CC(C)(C)CC2=O)OC2(O)CC(C)(C)CC(=O)C12. The standard InChI is InChI=1S/C24H30O5/c1-22(2)10-15(25)20-18(12-22)29-24(27)13-23(3,4)11-16(26)21(24)19(20)14-8-6-7-9-17(14)28-5/h6-9,19,21,27H,10-13H2,1-5H3. The molecule has 3 unspecified atom stereocenters. The first-order valence-corrected chi connectivity index (χ1v) is 10.3. The van der Waals surface area contributed by atoms with Gasteiger partial charge < -0.3 is 14.6 Å². The third kappa shape index (κ3) is 3.29. The van der Waals surface area contributed by atoms with Crippen molar-refractivity contribution in [3.8, 4) is 5.75 Å². The Morgan fingerprint density at radius 1 is 1.03 bits per heavy atom. The molecule has 0 radical (unpaired) electrons. The van der Waals surface area contributed by atoms with Crippen LogP contribution in [0.15, 0.2) is 35.6 Å². The van der Waals surface area contributed by atoms with Crippen molar-refractivity contribution in [2.45, 2.75) is 65.1 Å². The summed E-state index contributed by atoms with van der Waals surface area (Å²) in [6.07, 6.45) is 1.64. The van der Waals surface area contributed by atoms with Crippen LogP contribution in [0, 0.1) is 16.7 Å². The molecule has 156 valence electrons. The molecule has 1 saturated carbocycles. The summed E-state index contributed by atoms with van der Waals surface area (Å²) in [5.41, 5.74) is 0.672. The number of carbonyl (C=O) groups is 2. The van der Waals surface area contributed by atoms with Crippen molar-refractivity contribution in [1.82, 2.24) is 0 Å². The summed E-state index contributed by atoms with van der Waals surface area (Å²) in [5.74, 6) is -1.94. The molecule has 3 aliphatic rings. The van der Waals surface area contributed by atoms with Crippen LogP contribution in [0.25, 0.3) is 0 Å². The number of ketones is 2. The number of Topliss-reactive ketones (excluding diaryl/α,β-unsaturated/α-hetero) is 2. The quantitative estimate of drug-likeness (QED) is 0.810. The van der Waals surface area contributed by atoms with Gasteiger partial charge in [-0.05, 0) is 16.9 Å². The van der Waals surface area contributed by atoms with Crippen LogP contribution in [0.2, 0.25) is 0 Å². The number of ether oxygens (including phenoxy) is 2. The average Bonchev–Trinajstić information content (AvgIpc) is 2.56. The van der Waals surface area contributed by atoms with Crippen LogP contribution in [0.5, 0.6) is 5.75 Å². The Balaban J connectivity index is 1.96. The number of carbonyl (C=O) groups excluding carboxylic acids is 2. The zero-order valence-corrected chi connectivity index (χ0v) is 17.9. The second-order valence-corrected chi connectivity index (χ2v) is 10.4. The van der Waals surface area contributed by atoms with E-state index in [4.69, 9.17) is 9.47 Å². The number of para-hydroxylation sites is 1. The van der Waals surface area contributed by atoms with Crippen LogP contribution >= 0.6 is 0 Å². The summed E-state index contributed by atoms with van der Waals surface area (Å²) >= 11 is 0. The zero-order valence-electron chi connectivity index (χ0n) is 17.9. The van der Waals surface area contributed by atoms with Gasteiger partial charge in [-0.15, -0.1) is 0 Å². The third-order valence-corrected chi connectivity index (χ3v) is 6.51. The van der Waals surface area contributed by atoms with Crippen LogP contribution in [0.3, 0.4) is 0 Å². The number of hydrogen-bond donors (Lipinski definition) is 1. The van der Waals surface area contributed by atoms with Gasteiger partial charge >= 0.3 is 0 Å². The number of aliphatic hydroxyl groups is 1. The fraction of sp³-hybridized carbons (Fsp3) is 0.583. The lowest BCUT2D eigenvalue weighted by molar-refractivity contribution is -0.253. The van der Waals surface area contributed by atoms with E-state index in [9.17, 15) is 14.7 Å². The first kappa shape index (κ1) is 20.1. The van der Waals surface area contributed by atoms with Crippen LogP contribution in [-0.2, 0) is 14.3 Å².